The van der Waals surface area contributed by atoms with Crippen LogP contribution >= 0.6 is 0 Å². The van der Waals surface area contributed by atoms with Crippen molar-refractivity contribution >= 4 is 5.91 Å². The molecule has 1 aliphatic rings. The van der Waals surface area contributed by atoms with E-state index in [4.69, 9.17) is 9.47 Å². The van der Waals surface area contributed by atoms with Gasteiger partial charge in [-0.15, -0.1) is 0 Å². The predicted molar refractivity (Wildman–Crippen MR) is 108 cm³/mol. The standard InChI is InChI=1S/C21H30F4N2O5/c1-30-9-8-27(19(29)16-5-3-2-4-6-16)13-18-12-26(7-10-32-18)11-17(28)14-31-15-21(24,25)20(22)23/h2-6,17-18,20,28H,7-15H2,1H3/t17-,18-/m0/s1. The Labute approximate surface area is 184 Å². The van der Waals surface area contributed by atoms with Crippen molar-refractivity contribution in [1.82, 2.24) is 9.80 Å². The van der Waals surface area contributed by atoms with Crippen LogP contribution in [-0.4, -0.2) is 112 Å². The third-order valence-electron chi connectivity index (χ3n) is 4.91. The van der Waals surface area contributed by atoms with Crippen LogP contribution in [0.4, 0.5) is 17.6 Å². The monoisotopic (exact) mass is 466 g/mol. The topological polar surface area (TPSA) is 71.5 Å². The van der Waals surface area contributed by atoms with Gasteiger partial charge >= 0.3 is 12.3 Å². The normalized spacial score (nSPS) is 18.7. The lowest BCUT2D eigenvalue weighted by Gasteiger charge is -2.36. The highest BCUT2D eigenvalue weighted by Gasteiger charge is 2.41. The Morgan fingerprint density at radius 1 is 1.34 bits per heavy atom. The van der Waals surface area contributed by atoms with Crippen LogP contribution in [0.2, 0.25) is 0 Å². The average Bonchev–Trinajstić information content (AvgIpc) is 2.76. The molecule has 1 heterocycles. The molecule has 1 aromatic rings. The van der Waals surface area contributed by atoms with Gasteiger partial charge < -0.3 is 24.2 Å². The van der Waals surface area contributed by atoms with Crippen molar-refractivity contribution in [1.29, 1.82) is 0 Å². The summed E-state index contributed by atoms with van der Waals surface area (Å²) in [6.45, 7) is 0.444. The summed E-state index contributed by atoms with van der Waals surface area (Å²) in [6, 6.07) is 8.83. The second-order valence-electron chi connectivity index (χ2n) is 7.59. The third-order valence-corrected chi connectivity index (χ3v) is 4.91. The largest absolute Gasteiger partial charge is 0.389 e. The Balaban J connectivity index is 1.85. The van der Waals surface area contributed by atoms with Crippen LogP contribution in [0.15, 0.2) is 30.3 Å². The molecule has 0 aromatic heterocycles. The highest BCUT2D eigenvalue weighted by Crippen LogP contribution is 2.23. The third kappa shape index (κ3) is 8.62. The molecular formula is C21H30F4N2O5. The number of carbonyl (C=O) groups excluding carboxylic acids is 1. The Morgan fingerprint density at radius 3 is 2.72 bits per heavy atom. The van der Waals surface area contributed by atoms with Gasteiger partial charge in [0.05, 0.1) is 32.0 Å². The number of amides is 1. The zero-order valence-corrected chi connectivity index (χ0v) is 18.0. The van der Waals surface area contributed by atoms with Gasteiger partial charge in [0.25, 0.3) is 5.91 Å². The highest BCUT2D eigenvalue weighted by molar-refractivity contribution is 5.94. The van der Waals surface area contributed by atoms with Gasteiger partial charge in [0.15, 0.2) is 0 Å². The van der Waals surface area contributed by atoms with Gasteiger partial charge in [-0.2, -0.15) is 8.78 Å². The molecule has 1 N–H and O–H groups in total. The zero-order valence-electron chi connectivity index (χ0n) is 18.0. The maximum Gasteiger partial charge on any atom is 0.330 e. The number of alkyl halides is 4. The molecule has 0 bridgehead atoms. The van der Waals surface area contributed by atoms with Crippen LogP contribution in [0.25, 0.3) is 0 Å². The molecule has 0 aliphatic carbocycles. The summed E-state index contributed by atoms with van der Waals surface area (Å²) in [7, 11) is 1.55. The van der Waals surface area contributed by atoms with Crippen LogP contribution in [-0.2, 0) is 14.2 Å². The highest BCUT2D eigenvalue weighted by atomic mass is 19.3. The smallest absolute Gasteiger partial charge is 0.330 e. The molecule has 1 aliphatic heterocycles. The molecule has 0 radical (unpaired) electrons. The maximum atomic E-state index is 12.9. The van der Waals surface area contributed by atoms with Gasteiger partial charge in [-0.1, -0.05) is 18.2 Å². The van der Waals surface area contributed by atoms with Gasteiger partial charge in [0.1, 0.15) is 6.61 Å². The fraction of sp³-hybridized carbons (Fsp3) is 0.667. The molecule has 1 amide bonds. The quantitative estimate of drug-likeness (QED) is 0.447. The van der Waals surface area contributed by atoms with E-state index in [0.717, 1.165) is 0 Å². The number of aliphatic hydroxyl groups is 1. The molecule has 182 valence electrons. The molecule has 1 saturated heterocycles. The molecule has 2 atom stereocenters. The van der Waals surface area contributed by atoms with E-state index >= 15 is 0 Å². The van der Waals surface area contributed by atoms with Crippen LogP contribution in [0.5, 0.6) is 0 Å². The first-order valence-electron chi connectivity index (χ1n) is 10.3. The fourth-order valence-corrected chi connectivity index (χ4v) is 3.29. The van der Waals surface area contributed by atoms with Gasteiger partial charge in [0.2, 0.25) is 0 Å². The minimum Gasteiger partial charge on any atom is -0.389 e. The van der Waals surface area contributed by atoms with Crippen molar-refractivity contribution in [2.24, 2.45) is 0 Å². The van der Waals surface area contributed by atoms with Crippen molar-refractivity contribution < 1.29 is 41.7 Å². The molecular weight excluding hydrogens is 436 g/mol. The van der Waals surface area contributed by atoms with E-state index in [9.17, 15) is 27.5 Å². The molecule has 7 nitrogen and oxygen atoms in total. The first-order chi connectivity index (χ1) is 15.2. The number of methoxy groups -OCH3 is 1. The lowest BCUT2D eigenvalue weighted by Crippen LogP contribution is -2.51. The van der Waals surface area contributed by atoms with Crippen LogP contribution in [0, 0.1) is 0 Å². The van der Waals surface area contributed by atoms with E-state index in [2.05, 4.69) is 4.74 Å². The van der Waals surface area contributed by atoms with Crippen molar-refractivity contribution in [2.75, 3.05) is 66.3 Å². The van der Waals surface area contributed by atoms with Crippen molar-refractivity contribution in [3.8, 4) is 0 Å². The van der Waals surface area contributed by atoms with Crippen LogP contribution in [0.3, 0.4) is 0 Å². The number of hydrogen-bond acceptors (Lipinski definition) is 6. The van der Waals surface area contributed by atoms with Crippen molar-refractivity contribution in [2.45, 2.75) is 24.6 Å². The summed E-state index contributed by atoms with van der Waals surface area (Å²) in [5, 5.41) is 10.0. The maximum absolute atomic E-state index is 12.9. The van der Waals surface area contributed by atoms with Gasteiger partial charge in [-0.25, -0.2) is 8.78 Å². The molecule has 0 unspecified atom stereocenters. The number of benzene rings is 1. The Hall–Kier alpha value is -1.79. The molecule has 32 heavy (non-hydrogen) atoms. The summed E-state index contributed by atoms with van der Waals surface area (Å²) >= 11 is 0. The number of halogens is 4. The van der Waals surface area contributed by atoms with E-state index in [1.807, 2.05) is 11.0 Å². The lowest BCUT2D eigenvalue weighted by molar-refractivity contribution is -0.171. The predicted octanol–water partition coefficient (Wildman–Crippen LogP) is 1.75. The van der Waals surface area contributed by atoms with E-state index in [1.165, 1.54) is 0 Å². The summed E-state index contributed by atoms with van der Waals surface area (Å²) in [5.41, 5.74) is 0.546. The fourth-order valence-electron chi connectivity index (χ4n) is 3.29. The van der Waals surface area contributed by atoms with E-state index < -0.39 is 31.7 Å². The number of carbonyl (C=O) groups is 1. The van der Waals surface area contributed by atoms with Gasteiger partial charge in [-0.05, 0) is 12.1 Å². The minimum absolute atomic E-state index is 0.102. The number of β-amino-alcohol motifs (C(OH)–C–C–N with tert-alkyl or cyclic N) is 1. The number of nitrogens with zero attached hydrogens (tertiary/aromatic N) is 2. The SMILES string of the molecule is COCCN(C[C@@H]1CN(C[C@H](O)COCC(F)(F)C(F)F)CCO1)C(=O)c1ccccc1. The number of ether oxygens (including phenoxy) is 3. The minimum atomic E-state index is -4.25. The van der Waals surface area contributed by atoms with Crippen LogP contribution in [0.1, 0.15) is 10.4 Å². The molecule has 1 fully saturated rings. The summed E-state index contributed by atoms with van der Waals surface area (Å²) in [6.07, 6.45) is -5.28. The molecule has 0 saturated carbocycles. The Bertz CT molecular complexity index is 683. The van der Waals surface area contributed by atoms with E-state index in [-0.39, 0.29) is 18.6 Å². The second kappa shape index (κ2) is 13.0. The van der Waals surface area contributed by atoms with E-state index in [0.29, 0.717) is 45.0 Å². The second-order valence-corrected chi connectivity index (χ2v) is 7.59. The molecule has 11 heteroatoms. The zero-order chi connectivity index (χ0) is 23.6. The average molecular weight is 466 g/mol. The number of aliphatic hydroxyl groups excluding tert-OH is 1. The number of morpholine rings is 1. The first-order valence-corrected chi connectivity index (χ1v) is 10.3. The first kappa shape index (κ1) is 26.5. The van der Waals surface area contributed by atoms with Crippen molar-refractivity contribution in [3.05, 3.63) is 35.9 Å². The van der Waals surface area contributed by atoms with Crippen molar-refractivity contribution in [3.63, 3.8) is 0 Å². The number of hydrogen-bond donors (Lipinski definition) is 1. The van der Waals surface area contributed by atoms with E-state index in [1.54, 1.807) is 36.3 Å². The molecule has 0 spiro atoms. The summed E-state index contributed by atoms with van der Waals surface area (Å²) in [5.74, 6) is -4.41. The van der Waals surface area contributed by atoms with Gasteiger partial charge in [0, 0.05) is 45.4 Å². The summed E-state index contributed by atoms with van der Waals surface area (Å²) < 4.78 is 65.5. The Kier molecular flexibility index (Phi) is 10.8. The van der Waals surface area contributed by atoms with Crippen LogP contribution < -0.4 is 0 Å². The summed E-state index contributed by atoms with van der Waals surface area (Å²) in [4.78, 5) is 16.4. The Morgan fingerprint density at radius 2 is 2.06 bits per heavy atom. The molecule has 2 rings (SSSR count). The lowest BCUT2D eigenvalue weighted by atomic mass is 10.1. The molecule has 1 aromatic carbocycles. The van der Waals surface area contributed by atoms with Gasteiger partial charge in [-0.3, -0.25) is 9.69 Å². The number of rotatable bonds is 13.